The lowest BCUT2D eigenvalue weighted by atomic mass is 9.57. The van der Waals surface area contributed by atoms with Gasteiger partial charge in [-0.1, -0.05) is 34.4 Å². The number of aromatic nitrogens is 2. The highest BCUT2D eigenvalue weighted by Crippen LogP contribution is 2.59. The van der Waals surface area contributed by atoms with Crippen LogP contribution in [0.4, 0.5) is 0 Å². The van der Waals surface area contributed by atoms with Crippen LogP contribution in [0, 0.1) is 5.41 Å². The second-order valence-corrected chi connectivity index (χ2v) is 12.8. The number of pyridine rings is 1. The van der Waals surface area contributed by atoms with Gasteiger partial charge in [-0.3, -0.25) is 9.98 Å². The van der Waals surface area contributed by atoms with Crippen LogP contribution in [0.25, 0.3) is 11.3 Å². The minimum Gasteiger partial charge on any atom is -0.496 e. The zero-order valence-electron chi connectivity index (χ0n) is 23.3. The molecule has 4 saturated carbocycles. The fourth-order valence-electron chi connectivity index (χ4n) is 6.94. The molecule has 218 valence electrons. The van der Waals surface area contributed by atoms with Crippen LogP contribution in [0.3, 0.4) is 0 Å². The molecule has 8 nitrogen and oxygen atoms in total. The first-order chi connectivity index (χ1) is 20.3. The highest BCUT2D eigenvalue weighted by Gasteiger charge is 2.52. The van der Waals surface area contributed by atoms with Gasteiger partial charge in [0.1, 0.15) is 22.8 Å². The van der Waals surface area contributed by atoms with Gasteiger partial charge in [0.25, 0.3) is 0 Å². The number of nitrogens with zero attached hydrogens (tertiary/aromatic N) is 3. The fraction of sp³-hybridized carbons (Fsp3) is 0.438. The van der Waals surface area contributed by atoms with Crippen molar-refractivity contribution < 1.29 is 23.9 Å². The van der Waals surface area contributed by atoms with Crippen molar-refractivity contribution in [3.8, 4) is 17.0 Å². The van der Waals surface area contributed by atoms with Crippen LogP contribution in [-0.2, 0) is 11.3 Å². The van der Waals surface area contributed by atoms with Crippen LogP contribution in [0.15, 0.2) is 51.9 Å². The van der Waals surface area contributed by atoms with Crippen LogP contribution in [-0.4, -0.2) is 39.6 Å². The summed E-state index contributed by atoms with van der Waals surface area (Å²) in [6.45, 7) is 0.404. The monoisotopic (exact) mass is 607 g/mol. The largest absolute Gasteiger partial charge is 0.496 e. The zero-order valence-corrected chi connectivity index (χ0v) is 24.8. The summed E-state index contributed by atoms with van der Waals surface area (Å²) in [5.41, 5.74) is 5.09. The van der Waals surface area contributed by atoms with Gasteiger partial charge in [-0.15, -0.1) is 0 Å². The lowest BCUT2D eigenvalue weighted by molar-refractivity contribution is -0.136. The van der Waals surface area contributed by atoms with Gasteiger partial charge in [-0.25, -0.2) is 4.79 Å². The zero-order chi connectivity index (χ0) is 29.1. The van der Waals surface area contributed by atoms with Gasteiger partial charge in [0.05, 0.1) is 35.1 Å². The van der Waals surface area contributed by atoms with E-state index in [0.717, 1.165) is 79.7 Å². The van der Waals surface area contributed by atoms with E-state index in [1.165, 1.54) is 7.11 Å². The summed E-state index contributed by atoms with van der Waals surface area (Å²) in [7, 11) is 1.48. The van der Waals surface area contributed by atoms with Gasteiger partial charge in [-0.05, 0) is 75.1 Å². The van der Waals surface area contributed by atoms with Gasteiger partial charge in [0.15, 0.2) is 0 Å². The predicted molar refractivity (Wildman–Crippen MR) is 159 cm³/mol. The number of rotatable bonds is 9. The molecular formula is C32H31Cl2N3O5. The van der Waals surface area contributed by atoms with E-state index >= 15 is 0 Å². The van der Waals surface area contributed by atoms with E-state index in [0.29, 0.717) is 46.0 Å². The average molecular weight is 609 g/mol. The number of hydrogen-bond acceptors (Lipinski definition) is 7. The maximum absolute atomic E-state index is 11.7. The molecule has 3 heterocycles. The Hall–Kier alpha value is -3.20. The van der Waals surface area contributed by atoms with E-state index in [1.54, 1.807) is 24.5 Å². The summed E-state index contributed by atoms with van der Waals surface area (Å²) in [4.78, 5) is 20.9. The second-order valence-electron chi connectivity index (χ2n) is 12.0. The third-order valence-corrected chi connectivity index (χ3v) is 10.2. The lowest BCUT2D eigenvalue weighted by Crippen LogP contribution is -2.48. The van der Waals surface area contributed by atoms with Gasteiger partial charge in [0, 0.05) is 47.0 Å². The number of halogens is 2. The number of allylic oxidation sites excluding steroid dienone is 2. The molecule has 0 saturated heterocycles. The van der Waals surface area contributed by atoms with E-state index in [4.69, 9.17) is 42.2 Å². The molecule has 0 amide bonds. The van der Waals surface area contributed by atoms with Crippen LogP contribution in [0.5, 0.6) is 5.75 Å². The van der Waals surface area contributed by atoms with Gasteiger partial charge in [0.2, 0.25) is 0 Å². The topological polar surface area (TPSA) is 107 Å². The van der Waals surface area contributed by atoms with Crippen molar-refractivity contribution in [2.24, 2.45) is 10.4 Å². The summed E-state index contributed by atoms with van der Waals surface area (Å²) in [5.74, 6) is 0.589. The van der Waals surface area contributed by atoms with Gasteiger partial charge in [-0.2, -0.15) is 0 Å². The maximum Gasteiger partial charge on any atom is 0.339 e. The molecule has 4 fully saturated rings. The Bertz CT molecular complexity index is 1600. The number of hydrogen-bond donors (Lipinski definition) is 1. The van der Waals surface area contributed by atoms with Gasteiger partial charge < -0.3 is 19.1 Å². The van der Waals surface area contributed by atoms with E-state index in [1.807, 2.05) is 6.07 Å². The minimum absolute atomic E-state index is 0.0363. The summed E-state index contributed by atoms with van der Waals surface area (Å²) in [6, 6.07) is 5.26. The number of carboxylic acids is 1. The number of carboxylic acid groups (broad SMARTS) is 1. The molecule has 0 atom stereocenters. The number of fused-ring (bicyclic) bond motifs is 3. The Morgan fingerprint density at radius 3 is 2.45 bits per heavy atom. The molecule has 1 aliphatic heterocycles. The lowest BCUT2D eigenvalue weighted by Gasteiger charge is -2.53. The Morgan fingerprint density at radius 1 is 1.10 bits per heavy atom. The van der Waals surface area contributed by atoms with Crippen molar-refractivity contribution in [1.82, 2.24) is 10.1 Å². The molecule has 2 bridgehead atoms. The molecule has 4 aliphatic carbocycles. The van der Waals surface area contributed by atoms with Crippen molar-refractivity contribution >= 4 is 34.9 Å². The molecule has 0 radical (unpaired) electrons. The fourth-order valence-corrected chi connectivity index (χ4v) is 7.48. The summed E-state index contributed by atoms with van der Waals surface area (Å²) < 4.78 is 17.9. The molecule has 0 spiro atoms. The molecule has 42 heavy (non-hydrogen) atoms. The molecule has 10 heteroatoms. The number of aromatic carboxylic acids is 1. The number of benzene rings is 1. The van der Waals surface area contributed by atoms with Crippen molar-refractivity contribution in [1.29, 1.82) is 0 Å². The Labute approximate surface area is 253 Å². The van der Waals surface area contributed by atoms with Crippen LogP contribution >= 0.6 is 23.2 Å². The number of methoxy groups -OCH3 is 1. The van der Waals surface area contributed by atoms with Crippen molar-refractivity contribution in [3.63, 3.8) is 0 Å². The quantitative estimate of drug-likeness (QED) is 0.262. The Morgan fingerprint density at radius 2 is 1.81 bits per heavy atom. The van der Waals surface area contributed by atoms with Crippen LogP contribution in [0.1, 0.15) is 91.0 Å². The van der Waals surface area contributed by atoms with Crippen LogP contribution < -0.4 is 4.74 Å². The summed E-state index contributed by atoms with van der Waals surface area (Å²) in [6.07, 6.45) is 14.1. The molecule has 5 aliphatic rings. The van der Waals surface area contributed by atoms with E-state index in [9.17, 15) is 9.90 Å². The first-order valence-corrected chi connectivity index (χ1v) is 15.2. The average Bonchev–Trinajstić information content (AvgIpc) is 3.56. The molecule has 0 unspecified atom stereocenters. The molecular weight excluding hydrogens is 577 g/mol. The van der Waals surface area contributed by atoms with Crippen molar-refractivity contribution in [3.05, 3.63) is 74.9 Å². The number of carbonyl (C=O) groups is 1. The van der Waals surface area contributed by atoms with E-state index in [-0.39, 0.29) is 16.6 Å². The second kappa shape index (κ2) is 10.5. The number of ether oxygens (including phenoxy) is 2. The molecule has 2 aromatic heterocycles. The molecule has 3 aromatic rings. The number of aliphatic imine (C=N–C) groups is 1. The molecule has 1 aromatic carbocycles. The predicted octanol–water partition coefficient (Wildman–Crippen LogP) is 8.01. The van der Waals surface area contributed by atoms with Crippen LogP contribution in [0.2, 0.25) is 10.0 Å². The smallest absolute Gasteiger partial charge is 0.339 e. The highest BCUT2D eigenvalue weighted by atomic mass is 35.5. The highest BCUT2D eigenvalue weighted by molar-refractivity contribution is 6.38. The standard InChI is InChI=1S/C32H31Cl2N3O5/c1-40-25-6-4-19(14-20(25)30(38)39)24-5-7-26(36-24)31-8-11-32(12-9-31,13-10-31)41-17-21-28(37-42-29(21)18-2-3-18)27-22(33)15-35-16-23(27)34/h4,6-7,14-16,18H,2-3,5,8-13,17H2,1H3,(H,38,39). The summed E-state index contributed by atoms with van der Waals surface area (Å²) in [5, 5.41) is 14.9. The SMILES string of the molecule is COc1ccc(C2=NC(C34CCC(OCc5c(-c6c(Cl)cncc6Cl)noc5C5CC5)(CC3)CC4)=CC2)cc1C(=O)O. The van der Waals surface area contributed by atoms with E-state index in [2.05, 4.69) is 16.2 Å². The normalized spacial score (nSPS) is 24.9. The Balaban J connectivity index is 1.07. The maximum atomic E-state index is 11.7. The first kappa shape index (κ1) is 27.6. The summed E-state index contributed by atoms with van der Waals surface area (Å²) >= 11 is 13.0. The Kier molecular flexibility index (Phi) is 6.91. The van der Waals surface area contributed by atoms with Crippen molar-refractivity contribution in [2.75, 3.05) is 7.11 Å². The van der Waals surface area contributed by atoms with Crippen molar-refractivity contribution in [2.45, 2.75) is 75.9 Å². The third kappa shape index (κ3) is 4.74. The first-order valence-electron chi connectivity index (χ1n) is 14.4. The molecule has 1 N–H and O–H groups in total. The third-order valence-electron chi connectivity index (χ3n) is 9.61. The minimum atomic E-state index is -1.01. The van der Waals surface area contributed by atoms with E-state index < -0.39 is 5.97 Å². The van der Waals surface area contributed by atoms with Gasteiger partial charge >= 0.3 is 5.97 Å². The molecule has 8 rings (SSSR count).